The molecule has 1 amide bonds. The fraction of sp³-hybridized carbons (Fsp3) is 0.176. The minimum Gasteiger partial charge on any atom is -0.465 e. The van der Waals surface area contributed by atoms with E-state index < -0.39 is 6.09 Å². The number of carboxylic acid groups (broad SMARTS) is 1. The van der Waals surface area contributed by atoms with Crippen LogP contribution in [0.4, 0.5) is 10.5 Å². The van der Waals surface area contributed by atoms with Crippen LogP contribution in [0.3, 0.4) is 0 Å². The molecule has 2 heterocycles. The molecule has 26 heavy (non-hydrogen) atoms. The Kier molecular flexibility index (Phi) is 5.09. The van der Waals surface area contributed by atoms with E-state index in [2.05, 4.69) is 15.5 Å². The van der Waals surface area contributed by atoms with Crippen molar-refractivity contribution in [2.75, 3.05) is 11.9 Å². The molecule has 0 saturated heterocycles. The molecule has 0 aliphatic heterocycles. The summed E-state index contributed by atoms with van der Waals surface area (Å²) in [6.07, 6.45) is 3.97. The summed E-state index contributed by atoms with van der Waals surface area (Å²) >= 11 is 0. The summed E-state index contributed by atoms with van der Waals surface area (Å²) in [4.78, 5) is 22.9. The number of anilines is 1. The first-order valence-electron chi connectivity index (χ1n) is 7.86. The van der Waals surface area contributed by atoms with E-state index in [1.807, 2.05) is 0 Å². The maximum atomic E-state index is 12.1. The maximum Gasteiger partial charge on any atom is 0.409 e. The third kappa shape index (κ3) is 4.14. The van der Waals surface area contributed by atoms with Gasteiger partial charge in [0.25, 0.3) is 0 Å². The Balaban J connectivity index is 1.86. The van der Waals surface area contributed by atoms with Crippen molar-refractivity contribution in [1.82, 2.24) is 19.6 Å². The van der Waals surface area contributed by atoms with Gasteiger partial charge in [-0.1, -0.05) is 12.1 Å². The number of nitrogens with zero attached hydrogens (tertiary/aromatic N) is 4. The molecule has 2 aromatic heterocycles. The zero-order chi connectivity index (χ0) is 18.5. The standard InChI is InChI=1S/C17H17N5O4/c23-7-6-21-11-14(10-18-21)22-5-4-16(24)15(20-22)9-12-2-1-3-13(8-12)19-17(25)26/h1-5,8,10-11,19,23H,6-7,9H2,(H,25,26). The molecule has 0 spiro atoms. The molecular weight excluding hydrogens is 338 g/mol. The first-order valence-corrected chi connectivity index (χ1v) is 7.86. The normalized spacial score (nSPS) is 10.7. The predicted octanol–water partition coefficient (Wildman–Crippen LogP) is 1.10. The molecule has 1 aromatic carbocycles. The molecule has 0 atom stereocenters. The average Bonchev–Trinajstić information content (AvgIpc) is 3.06. The van der Waals surface area contributed by atoms with Crippen LogP contribution in [-0.2, 0) is 13.0 Å². The highest BCUT2D eigenvalue weighted by atomic mass is 16.4. The summed E-state index contributed by atoms with van der Waals surface area (Å²) in [7, 11) is 0. The quantitative estimate of drug-likeness (QED) is 0.609. The monoisotopic (exact) mass is 355 g/mol. The van der Waals surface area contributed by atoms with E-state index in [0.717, 1.165) is 5.56 Å². The van der Waals surface area contributed by atoms with Crippen LogP contribution in [0.25, 0.3) is 5.69 Å². The van der Waals surface area contributed by atoms with Crippen LogP contribution in [0.5, 0.6) is 0 Å². The van der Waals surface area contributed by atoms with Gasteiger partial charge in [-0.25, -0.2) is 9.48 Å². The Morgan fingerprint density at radius 3 is 2.88 bits per heavy atom. The zero-order valence-corrected chi connectivity index (χ0v) is 13.7. The second-order valence-corrected chi connectivity index (χ2v) is 5.56. The van der Waals surface area contributed by atoms with E-state index in [1.54, 1.807) is 47.5 Å². The van der Waals surface area contributed by atoms with Crippen LogP contribution in [0.1, 0.15) is 11.3 Å². The highest BCUT2D eigenvalue weighted by Crippen LogP contribution is 2.13. The van der Waals surface area contributed by atoms with Crippen LogP contribution < -0.4 is 10.7 Å². The fourth-order valence-corrected chi connectivity index (χ4v) is 2.49. The van der Waals surface area contributed by atoms with Crippen molar-refractivity contribution in [1.29, 1.82) is 0 Å². The molecule has 0 fully saturated rings. The maximum absolute atomic E-state index is 12.1. The molecule has 3 aromatic rings. The lowest BCUT2D eigenvalue weighted by Gasteiger charge is -2.07. The van der Waals surface area contributed by atoms with Gasteiger partial charge in [0.15, 0.2) is 0 Å². The molecule has 0 saturated carbocycles. The molecule has 0 aliphatic rings. The van der Waals surface area contributed by atoms with Gasteiger partial charge in [-0.3, -0.25) is 14.8 Å². The molecule has 3 rings (SSSR count). The Morgan fingerprint density at radius 2 is 2.12 bits per heavy atom. The van der Waals surface area contributed by atoms with E-state index in [9.17, 15) is 9.59 Å². The van der Waals surface area contributed by atoms with Crippen molar-refractivity contribution >= 4 is 11.8 Å². The minimum absolute atomic E-state index is 0.0231. The lowest BCUT2D eigenvalue weighted by Crippen LogP contribution is -2.16. The topological polar surface area (TPSA) is 122 Å². The number of amides is 1. The van der Waals surface area contributed by atoms with Crippen LogP contribution >= 0.6 is 0 Å². The summed E-state index contributed by atoms with van der Waals surface area (Å²) < 4.78 is 3.12. The number of hydrogen-bond acceptors (Lipinski definition) is 5. The van der Waals surface area contributed by atoms with Crippen LogP contribution in [0.15, 0.2) is 53.7 Å². The highest BCUT2D eigenvalue weighted by Gasteiger charge is 2.08. The Bertz CT molecular complexity index is 979. The van der Waals surface area contributed by atoms with Crippen molar-refractivity contribution in [3.8, 4) is 5.69 Å². The van der Waals surface area contributed by atoms with Crippen molar-refractivity contribution < 1.29 is 15.0 Å². The molecule has 0 aliphatic carbocycles. The van der Waals surface area contributed by atoms with Crippen molar-refractivity contribution in [2.45, 2.75) is 13.0 Å². The van der Waals surface area contributed by atoms with Crippen molar-refractivity contribution in [3.05, 3.63) is 70.4 Å². The van der Waals surface area contributed by atoms with E-state index in [0.29, 0.717) is 23.6 Å². The average molecular weight is 355 g/mol. The van der Waals surface area contributed by atoms with Gasteiger partial charge in [-0.05, 0) is 17.7 Å². The lowest BCUT2D eigenvalue weighted by molar-refractivity contribution is 0.209. The third-order valence-corrected chi connectivity index (χ3v) is 3.64. The first kappa shape index (κ1) is 17.4. The SMILES string of the molecule is O=C(O)Nc1cccc(Cc2nn(-c3cnn(CCO)c3)ccc2=O)c1. The number of benzene rings is 1. The fourth-order valence-electron chi connectivity index (χ4n) is 2.49. The summed E-state index contributed by atoms with van der Waals surface area (Å²) in [5.41, 5.74) is 1.97. The second-order valence-electron chi connectivity index (χ2n) is 5.56. The number of aliphatic hydroxyl groups is 1. The Hall–Kier alpha value is -3.46. The third-order valence-electron chi connectivity index (χ3n) is 3.64. The number of hydrogen-bond donors (Lipinski definition) is 3. The molecule has 0 bridgehead atoms. The number of carbonyl (C=O) groups is 1. The van der Waals surface area contributed by atoms with Crippen LogP contribution in [-0.4, -0.2) is 42.5 Å². The largest absolute Gasteiger partial charge is 0.465 e. The molecule has 0 unspecified atom stereocenters. The summed E-state index contributed by atoms with van der Waals surface area (Å²) in [6.45, 7) is 0.348. The van der Waals surface area contributed by atoms with Gasteiger partial charge in [-0.2, -0.15) is 10.2 Å². The molecule has 0 radical (unpaired) electrons. The summed E-state index contributed by atoms with van der Waals surface area (Å²) in [6, 6.07) is 8.21. The van der Waals surface area contributed by atoms with Gasteiger partial charge in [0.1, 0.15) is 11.4 Å². The van der Waals surface area contributed by atoms with Crippen LogP contribution in [0, 0.1) is 0 Å². The Labute approximate surface area is 148 Å². The van der Waals surface area contributed by atoms with E-state index in [4.69, 9.17) is 10.2 Å². The Morgan fingerprint density at radius 1 is 1.27 bits per heavy atom. The lowest BCUT2D eigenvalue weighted by atomic mass is 10.1. The van der Waals surface area contributed by atoms with Gasteiger partial charge in [0.05, 0.1) is 25.5 Å². The van der Waals surface area contributed by atoms with E-state index in [-0.39, 0.29) is 18.5 Å². The smallest absolute Gasteiger partial charge is 0.409 e. The van der Waals surface area contributed by atoms with Crippen LogP contribution in [0.2, 0.25) is 0 Å². The van der Waals surface area contributed by atoms with E-state index in [1.165, 1.54) is 10.7 Å². The highest BCUT2D eigenvalue weighted by molar-refractivity contribution is 5.82. The van der Waals surface area contributed by atoms with Crippen molar-refractivity contribution in [3.63, 3.8) is 0 Å². The van der Waals surface area contributed by atoms with Gasteiger partial charge in [0.2, 0.25) is 5.43 Å². The molecule has 9 heteroatoms. The van der Waals surface area contributed by atoms with Gasteiger partial charge in [-0.15, -0.1) is 0 Å². The summed E-state index contributed by atoms with van der Waals surface area (Å²) in [5.74, 6) is 0. The zero-order valence-electron chi connectivity index (χ0n) is 13.7. The predicted molar refractivity (Wildman–Crippen MR) is 93.6 cm³/mol. The van der Waals surface area contributed by atoms with Gasteiger partial charge >= 0.3 is 6.09 Å². The summed E-state index contributed by atoms with van der Waals surface area (Å²) in [5, 5.41) is 28.5. The van der Waals surface area contributed by atoms with E-state index >= 15 is 0 Å². The van der Waals surface area contributed by atoms with Gasteiger partial charge < -0.3 is 10.2 Å². The molecular formula is C17H17N5O4. The number of nitrogens with one attached hydrogen (secondary N) is 1. The number of rotatable bonds is 6. The molecule has 3 N–H and O–H groups in total. The second kappa shape index (κ2) is 7.62. The molecule has 134 valence electrons. The van der Waals surface area contributed by atoms with Crippen molar-refractivity contribution in [2.24, 2.45) is 0 Å². The number of aliphatic hydroxyl groups excluding tert-OH is 1. The van der Waals surface area contributed by atoms with Gasteiger partial charge in [0, 0.05) is 24.4 Å². The molecule has 9 nitrogen and oxygen atoms in total. The minimum atomic E-state index is -1.15. The first-order chi connectivity index (χ1) is 12.5. The number of aromatic nitrogens is 4.